The van der Waals surface area contributed by atoms with Gasteiger partial charge in [0.05, 0.1) is 11.2 Å². The minimum atomic E-state index is -0.452. The maximum atomic E-state index is 12.3. The maximum Gasteiger partial charge on any atom is 0.294 e. The third kappa shape index (κ3) is 5.18. The van der Waals surface area contributed by atoms with Crippen LogP contribution in [-0.4, -0.2) is 45.0 Å². The number of carbonyl (C=O) groups excluding carboxylic acids is 3. The van der Waals surface area contributed by atoms with E-state index < -0.39 is 11.1 Å². The van der Waals surface area contributed by atoms with Crippen molar-refractivity contribution in [2.24, 2.45) is 0 Å². The number of nitrogens with zero attached hydrogens (tertiary/aromatic N) is 2. The smallest absolute Gasteiger partial charge is 0.294 e. The third-order valence-electron chi connectivity index (χ3n) is 3.78. The highest BCUT2D eigenvalue weighted by molar-refractivity contribution is 8.18. The van der Waals surface area contributed by atoms with Crippen LogP contribution < -0.4 is 5.32 Å². The van der Waals surface area contributed by atoms with Gasteiger partial charge in [0.15, 0.2) is 0 Å². The highest BCUT2D eigenvalue weighted by Crippen LogP contribution is 2.30. The molecule has 0 saturated carbocycles. The summed E-state index contributed by atoms with van der Waals surface area (Å²) in [5, 5.41) is 2.25. The molecule has 3 amide bonds. The van der Waals surface area contributed by atoms with Crippen molar-refractivity contribution < 1.29 is 14.4 Å². The molecule has 0 aliphatic carbocycles. The molecule has 2 N–H and O–H groups in total. The van der Waals surface area contributed by atoms with Crippen LogP contribution in [0.2, 0.25) is 0 Å². The fourth-order valence-corrected chi connectivity index (χ4v) is 3.21. The maximum absolute atomic E-state index is 12.3. The molecule has 1 aromatic heterocycles. The second kappa shape index (κ2) is 9.00. The summed E-state index contributed by atoms with van der Waals surface area (Å²) in [6, 6.07) is 9.62. The summed E-state index contributed by atoms with van der Waals surface area (Å²) in [4.78, 5) is 44.5. The lowest BCUT2D eigenvalue weighted by molar-refractivity contribution is -0.129. The predicted octanol–water partition coefficient (Wildman–Crippen LogP) is 2.36. The van der Waals surface area contributed by atoms with E-state index in [0.29, 0.717) is 17.9 Å². The van der Waals surface area contributed by atoms with Gasteiger partial charge in [0, 0.05) is 24.9 Å². The lowest BCUT2D eigenvalue weighted by Gasteiger charge is -2.12. The zero-order chi connectivity index (χ0) is 19.1. The summed E-state index contributed by atoms with van der Waals surface area (Å²) < 4.78 is 0. The van der Waals surface area contributed by atoms with Crippen molar-refractivity contribution in [3.63, 3.8) is 0 Å². The standard InChI is InChI=1S/C19H18N4O3S/c24-17(21-10-9-15-11-20-13-22-15)12-23-18(25)16(27-19(23)26)8-4-7-14-5-2-1-3-6-14/h1-8,11,13H,9-10,12H2,(H,20,22)(H,21,24). The SMILES string of the molecule is O=C(CN1C(=O)SC(=CC=Cc2ccccc2)C1=O)NCCc1cnc[nH]1. The van der Waals surface area contributed by atoms with E-state index in [0.717, 1.165) is 27.9 Å². The zero-order valence-electron chi connectivity index (χ0n) is 14.4. The Morgan fingerprint density at radius 3 is 2.81 bits per heavy atom. The molecule has 27 heavy (non-hydrogen) atoms. The molecule has 1 fully saturated rings. The first-order valence-electron chi connectivity index (χ1n) is 8.34. The number of aromatic amines is 1. The van der Waals surface area contributed by atoms with Crippen LogP contribution in [0, 0.1) is 0 Å². The monoisotopic (exact) mass is 382 g/mol. The number of hydrogen-bond donors (Lipinski definition) is 2. The van der Waals surface area contributed by atoms with E-state index in [1.807, 2.05) is 36.4 Å². The average Bonchev–Trinajstić information content (AvgIpc) is 3.27. The molecule has 8 heteroatoms. The molecule has 1 aliphatic rings. The minimum absolute atomic E-state index is 0.284. The summed E-state index contributed by atoms with van der Waals surface area (Å²) in [6.07, 6.45) is 8.99. The summed E-state index contributed by atoms with van der Waals surface area (Å²) in [6.45, 7) is 0.111. The van der Waals surface area contributed by atoms with Gasteiger partial charge >= 0.3 is 0 Å². The van der Waals surface area contributed by atoms with Crippen LogP contribution in [0.5, 0.6) is 0 Å². The summed E-state index contributed by atoms with van der Waals surface area (Å²) in [5.41, 5.74) is 1.89. The Kier molecular flexibility index (Phi) is 6.22. The number of thioether (sulfide) groups is 1. The molecule has 0 spiro atoms. The molecule has 1 aromatic carbocycles. The van der Waals surface area contributed by atoms with Gasteiger partial charge in [-0.25, -0.2) is 4.98 Å². The van der Waals surface area contributed by atoms with Crippen LogP contribution in [0.1, 0.15) is 11.3 Å². The van der Waals surface area contributed by atoms with Gasteiger partial charge in [-0.15, -0.1) is 0 Å². The van der Waals surface area contributed by atoms with E-state index in [9.17, 15) is 14.4 Å². The molecule has 7 nitrogen and oxygen atoms in total. The second-order valence-corrected chi connectivity index (χ2v) is 6.73. The predicted molar refractivity (Wildman–Crippen MR) is 104 cm³/mol. The highest BCUT2D eigenvalue weighted by atomic mass is 32.2. The van der Waals surface area contributed by atoms with E-state index in [1.165, 1.54) is 0 Å². The van der Waals surface area contributed by atoms with Crippen LogP contribution in [0.25, 0.3) is 6.08 Å². The Labute approximate surface area is 160 Å². The van der Waals surface area contributed by atoms with Gasteiger partial charge in [-0.1, -0.05) is 42.5 Å². The molecule has 2 heterocycles. The number of benzene rings is 1. The molecule has 3 rings (SSSR count). The van der Waals surface area contributed by atoms with Gasteiger partial charge in [0.25, 0.3) is 11.1 Å². The second-order valence-electron chi connectivity index (χ2n) is 5.74. The van der Waals surface area contributed by atoms with Gasteiger partial charge in [-0.2, -0.15) is 0 Å². The van der Waals surface area contributed by atoms with Crippen molar-refractivity contribution in [1.82, 2.24) is 20.2 Å². The van der Waals surface area contributed by atoms with Crippen molar-refractivity contribution in [1.29, 1.82) is 0 Å². The van der Waals surface area contributed by atoms with E-state index in [4.69, 9.17) is 0 Å². The first-order valence-corrected chi connectivity index (χ1v) is 9.16. The van der Waals surface area contributed by atoms with Crippen molar-refractivity contribution in [3.05, 3.63) is 71.2 Å². The number of aromatic nitrogens is 2. The Bertz CT molecular complexity index is 876. The number of rotatable bonds is 7. The topological polar surface area (TPSA) is 95.2 Å². The quantitative estimate of drug-likeness (QED) is 0.717. The Morgan fingerprint density at radius 1 is 1.26 bits per heavy atom. The Morgan fingerprint density at radius 2 is 2.07 bits per heavy atom. The molecule has 0 radical (unpaired) electrons. The minimum Gasteiger partial charge on any atom is -0.354 e. The number of hydrogen-bond acceptors (Lipinski definition) is 5. The van der Waals surface area contributed by atoms with Crippen molar-refractivity contribution in [2.75, 3.05) is 13.1 Å². The Balaban J connectivity index is 1.51. The highest BCUT2D eigenvalue weighted by Gasteiger charge is 2.35. The number of allylic oxidation sites excluding steroid dienone is 2. The van der Waals surface area contributed by atoms with E-state index >= 15 is 0 Å². The molecule has 0 bridgehead atoms. The molecule has 2 aromatic rings. The fourth-order valence-electron chi connectivity index (χ4n) is 2.42. The van der Waals surface area contributed by atoms with Gasteiger partial charge in [-0.3, -0.25) is 19.3 Å². The Hall–Kier alpha value is -3.13. The third-order valence-corrected chi connectivity index (χ3v) is 4.71. The van der Waals surface area contributed by atoms with Crippen LogP contribution >= 0.6 is 11.8 Å². The molecule has 1 saturated heterocycles. The van der Waals surface area contributed by atoms with E-state index in [-0.39, 0.29) is 12.5 Å². The fraction of sp³-hybridized carbons (Fsp3) is 0.158. The number of amides is 3. The summed E-state index contributed by atoms with van der Waals surface area (Å²) >= 11 is 0.835. The number of carbonyl (C=O) groups is 3. The molecule has 138 valence electrons. The van der Waals surface area contributed by atoms with Crippen molar-refractivity contribution in [2.45, 2.75) is 6.42 Å². The lowest BCUT2D eigenvalue weighted by atomic mass is 10.2. The van der Waals surface area contributed by atoms with Crippen LogP contribution in [0.15, 0.2) is 59.9 Å². The van der Waals surface area contributed by atoms with Gasteiger partial charge in [0.2, 0.25) is 5.91 Å². The van der Waals surface area contributed by atoms with Crippen LogP contribution in [0.3, 0.4) is 0 Å². The molecular formula is C19H18N4O3S. The first kappa shape index (κ1) is 18.7. The molecular weight excluding hydrogens is 364 g/mol. The molecule has 0 unspecified atom stereocenters. The van der Waals surface area contributed by atoms with Crippen LogP contribution in [0.4, 0.5) is 4.79 Å². The number of H-pyrrole nitrogens is 1. The summed E-state index contributed by atoms with van der Waals surface area (Å²) in [5.74, 6) is -0.829. The normalized spacial score (nSPS) is 15.9. The van der Waals surface area contributed by atoms with Crippen LogP contribution in [-0.2, 0) is 16.0 Å². The van der Waals surface area contributed by atoms with Gasteiger partial charge in [0.1, 0.15) is 6.54 Å². The zero-order valence-corrected chi connectivity index (χ0v) is 15.2. The van der Waals surface area contributed by atoms with Crippen molar-refractivity contribution in [3.8, 4) is 0 Å². The lowest BCUT2D eigenvalue weighted by Crippen LogP contribution is -2.40. The number of imidazole rings is 1. The number of imide groups is 1. The van der Waals surface area contributed by atoms with E-state index in [2.05, 4.69) is 15.3 Å². The molecule has 0 atom stereocenters. The summed E-state index contributed by atoms with van der Waals surface area (Å²) in [7, 11) is 0. The average molecular weight is 382 g/mol. The van der Waals surface area contributed by atoms with E-state index in [1.54, 1.807) is 24.7 Å². The number of nitrogens with one attached hydrogen (secondary N) is 2. The first-order chi connectivity index (χ1) is 13.1. The van der Waals surface area contributed by atoms with Gasteiger partial charge in [-0.05, 0) is 23.4 Å². The van der Waals surface area contributed by atoms with Crippen molar-refractivity contribution >= 4 is 34.9 Å². The largest absolute Gasteiger partial charge is 0.354 e. The van der Waals surface area contributed by atoms with Gasteiger partial charge < -0.3 is 10.3 Å². The molecule has 1 aliphatic heterocycles.